The lowest BCUT2D eigenvalue weighted by Gasteiger charge is -2.30. The van der Waals surface area contributed by atoms with E-state index in [9.17, 15) is 49.2 Å². The number of hydrogen-bond donors (Lipinski definition) is 7. The molecule has 1 saturated heterocycles. The first kappa shape index (κ1) is 34.8. The molecule has 1 aliphatic rings. The van der Waals surface area contributed by atoms with Gasteiger partial charge in [-0.1, -0.05) is 6.07 Å². The van der Waals surface area contributed by atoms with Gasteiger partial charge in [0.2, 0.25) is 11.8 Å². The Kier molecular flexibility index (Phi) is 12.4. The largest absolute Gasteiger partial charge is 0.550 e. The Bertz CT molecular complexity index is 1340. The number of aliphatic carboxylic acids is 3. The lowest BCUT2D eigenvalue weighted by molar-refractivity contribution is -0.459. The third-order valence-electron chi connectivity index (χ3n) is 6.22. The van der Waals surface area contributed by atoms with Gasteiger partial charge in [0.1, 0.15) is 17.3 Å². The van der Waals surface area contributed by atoms with Gasteiger partial charge < -0.3 is 60.2 Å². The highest BCUT2D eigenvalue weighted by molar-refractivity contribution is 6.07. The molecule has 0 spiro atoms. The molecule has 0 saturated carbocycles. The summed E-state index contributed by atoms with van der Waals surface area (Å²) >= 11 is 0. The first-order chi connectivity index (χ1) is 20.6. The number of carboxylic acids is 3. The second kappa shape index (κ2) is 15.7. The Morgan fingerprint density at radius 2 is 1.89 bits per heavy atom. The molecule has 0 radical (unpaired) electrons. The van der Waals surface area contributed by atoms with E-state index in [1.165, 1.54) is 31.4 Å². The number of carboxylic acid groups (broad SMARTS) is 3. The molecule has 18 nitrogen and oxygen atoms in total. The fraction of sp³-hybridized carbons (Fsp3) is 0.423. The van der Waals surface area contributed by atoms with Crippen LogP contribution in [0.2, 0.25) is 0 Å². The number of carbonyl (C=O) groups is 6. The van der Waals surface area contributed by atoms with Crippen molar-refractivity contribution in [1.29, 1.82) is 0 Å². The molecule has 18 heteroatoms. The van der Waals surface area contributed by atoms with Crippen LogP contribution in [-0.2, 0) is 28.8 Å². The summed E-state index contributed by atoms with van der Waals surface area (Å²) in [6.45, 7) is -0.126. The highest BCUT2D eigenvalue weighted by atomic mass is 16.5. The smallest absolute Gasteiger partial charge is 0.338 e. The Balaban J connectivity index is 2.09. The van der Waals surface area contributed by atoms with Crippen LogP contribution in [0.25, 0.3) is 6.08 Å². The van der Waals surface area contributed by atoms with E-state index < -0.39 is 79.2 Å². The molecular weight excluding hydrogens is 588 g/mol. The summed E-state index contributed by atoms with van der Waals surface area (Å²) in [5.41, 5.74) is 8.08. The van der Waals surface area contributed by atoms with E-state index in [2.05, 4.69) is 15.6 Å². The summed E-state index contributed by atoms with van der Waals surface area (Å²) in [5, 5.41) is 50.7. The molecular formula is C26H32N6O12-2. The third kappa shape index (κ3) is 10.5. The molecule has 240 valence electrons. The number of nitrogens with one attached hydrogen (secondary N) is 4. The van der Waals surface area contributed by atoms with Crippen molar-refractivity contribution in [2.45, 2.75) is 49.8 Å². The van der Waals surface area contributed by atoms with Gasteiger partial charge in [-0.15, -0.1) is 0 Å². The summed E-state index contributed by atoms with van der Waals surface area (Å²) < 4.78 is 10.8. The fourth-order valence-corrected chi connectivity index (χ4v) is 3.95. The molecule has 2 rings (SSSR count). The molecule has 1 aromatic rings. The van der Waals surface area contributed by atoms with Crippen LogP contribution in [0, 0.1) is 0 Å². The van der Waals surface area contributed by atoms with Crippen molar-refractivity contribution in [3.05, 3.63) is 29.5 Å². The van der Waals surface area contributed by atoms with E-state index >= 15 is 0 Å². The van der Waals surface area contributed by atoms with E-state index in [-0.39, 0.29) is 23.2 Å². The van der Waals surface area contributed by atoms with Crippen LogP contribution in [0.1, 0.15) is 37.7 Å². The van der Waals surface area contributed by atoms with Crippen molar-refractivity contribution < 1.29 is 63.7 Å². The lowest BCUT2D eigenvalue weighted by Crippen LogP contribution is -2.78. The van der Waals surface area contributed by atoms with Crippen molar-refractivity contribution in [2.24, 2.45) is 11.5 Å². The van der Waals surface area contributed by atoms with Gasteiger partial charge in [-0.3, -0.25) is 30.8 Å². The topological polar surface area (TPSA) is 312 Å². The van der Waals surface area contributed by atoms with E-state index in [0.29, 0.717) is 24.9 Å². The van der Waals surface area contributed by atoms with Crippen molar-refractivity contribution >= 4 is 47.7 Å². The van der Waals surface area contributed by atoms with Crippen LogP contribution in [0.4, 0.5) is 0 Å². The molecule has 1 fully saturated rings. The van der Waals surface area contributed by atoms with Crippen LogP contribution in [0.15, 0.2) is 23.9 Å². The van der Waals surface area contributed by atoms with E-state index in [0.717, 1.165) is 0 Å². The lowest BCUT2D eigenvalue weighted by atomic mass is 9.95. The number of benzene rings is 1. The van der Waals surface area contributed by atoms with Crippen molar-refractivity contribution in [1.82, 2.24) is 16.0 Å². The number of methoxy groups -OCH3 is 1. The first-order valence-corrected chi connectivity index (χ1v) is 13.0. The van der Waals surface area contributed by atoms with Gasteiger partial charge in [-0.2, -0.15) is 0 Å². The number of piperazine rings is 1. The van der Waals surface area contributed by atoms with E-state index in [4.69, 9.17) is 20.9 Å². The van der Waals surface area contributed by atoms with Gasteiger partial charge in [-0.05, 0) is 36.6 Å². The zero-order valence-corrected chi connectivity index (χ0v) is 23.5. The molecule has 0 aromatic heterocycles. The van der Waals surface area contributed by atoms with Crippen molar-refractivity contribution in [3.8, 4) is 11.5 Å². The van der Waals surface area contributed by atoms with Gasteiger partial charge >= 0.3 is 5.96 Å². The average Bonchev–Trinajstić information content (AvgIpc) is 2.92. The zero-order valence-electron chi connectivity index (χ0n) is 23.5. The predicted octanol–water partition coefficient (Wildman–Crippen LogP) is -8.20. The van der Waals surface area contributed by atoms with Crippen LogP contribution >= 0.6 is 0 Å². The molecule has 3 atom stereocenters. The Morgan fingerprint density at radius 3 is 2.48 bits per heavy atom. The monoisotopic (exact) mass is 620 g/mol. The second-order valence-electron chi connectivity index (χ2n) is 9.62. The van der Waals surface area contributed by atoms with Crippen molar-refractivity contribution in [2.75, 3.05) is 20.3 Å². The molecule has 9 N–H and O–H groups in total. The molecule has 3 amide bonds. The standard InChI is InChI=1S/C26H34N6O12/c1-43-17-5-4-13(9-15-22(37)31-14(21(36)32-15)3-2-7-29-25(27)28)10-18(17)44-8-6-26(42,24(40)41)12-19(33)30-16(23(38)39)11-20(34)35/h4-5,9-10,14,16,42H,2-3,6-8,11-12H2,1H3,(H,30,33)(H,31,37)(H,32,36)(H,34,35)(H,38,39)(H,40,41)(H4,27,28,29)/p-2/b15-9-/t14-,16-,26-/m0/s1. The molecule has 0 bridgehead atoms. The molecule has 1 heterocycles. The summed E-state index contributed by atoms with van der Waals surface area (Å²) in [7, 11) is 1.31. The Hall–Kier alpha value is -5.39. The zero-order chi connectivity index (χ0) is 33.0. The van der Waals surface area contributed by atoms with Gasteiger partial charge in [0.25, 0.3) is 5.91 Å². The summed E-state index contributed by atoms with van der Waals surface area (Å²) in [6.07, 6.45) is -0.925. The van der Waals surface area contributed by atoms with Crippen LogP contribution < -0.4 is 57.2 Å². The Morgan fingerprint density at radius 1 is 1.18 bits per heavy atom. The molecule has 1 aromatic carbocycles. The van der Waals surface area contributed by atoms with Crippen LogP contribution in [-0.4, -0.2) is 84.6 Å². The number of carbonyl (C=O) groups excluding carboxylic acids is 6. The Labute approximate surface area is 250 Å². The summed E-state index contributed by atoms with van der Waals surface area (Å²) in [4.78, 5) is 73.3. The predicted molar refractivity (Wildman–Crippen MR) is 141 cm³/mol. The molecule has 0 unspecified atom stereocenters. The second-order valence-corrected chi connectivity index (χ2v) is 9.62. The number of amides is 3. The van der Waals surface area contributed by atoms with E-state index in [1.54, 1.807) is 5.32 Å². The van der Waals surface area contributed by atoms with Gasteiger partial charge in [0.05, 0.1) is 44.7 Å². The van der Waals surface area contributed by atoms with Gasteiger partial charge in [0, 0.05) is 18.8 Å². The number of nitrogens with two attached hydrogens (primary N) is 2. The van der Waals surface area contributed by atoms with Crippen LogP contribution in [0.5, 0.6) is 11.5 Å². The quantitative estimate of drug-likeness (QED) is 0.0368. The minimum Gasteiger partial charge on any atom is -0.550 e. The molecule has 1 aliphatic heterocycles. The third-order valence-corrected chi connectivity index (χ3v) is 6.22. The number of guanidine groups is 1. The minimum absolute atomic E-state index is 0.0295. The number of rotatable bonds is 17. The maximum Gasteiger partial charge on any atom is 0.338 e. The van der Waals surface area contributed by atoms with Gasteiger partial charge in [0.15, 0.2) is 11.5 Å². The maximum absolute atomic E-state index is 12.6. The highest BCUT2D eigenvalue weighted by Gasteiger charge is 2.33. The summed E-state index contributed by atoms with van der Waals surface area (Å²) in [5.74, 6) is -7.94. The average molecular weight is 621 g/mol. The summed E-state index contributed by atoms with van der Waals surface area (Å²) in [6, 6.07) is 1.57. The fourth-order valence-electron chi connectivity index (χ4n) is 3.95. The molecule has 0 aliphatic carbocycles. The van der Waals surface area contributed by atoms with Crippen LogP contribution in [0.3, 0.4) is 0 Å². The number of ether oxygens (including phenoxy) is 2. The number of hydrogen-bond acceptors (Lipinski definition) is 12. The molecule has 44 heavy (non-hydrogen) atoms. The normalized spacial score (nSPS) is 17.3. The maximum atomic E-state index is 12.6. The minimum atomic E-state index is -2.85. The number of aliphatic hydroxyl groups is 1. The van der Waals surface area contributed by atoms with E-state index in [1.807, 2.05) is 0 Å². The first-order valence-electron chi connectivity index (χ1n) is 13.0. The van der Waals surface area contributed by atoms with Crippen molar-refractivity contribution in [3.63, 3.8) is 0 Å². The van der Waals surface area contributed by atoms with Gasteiger partial charge in [-0.25, -0.2) is 0 Å². The SMILES string of the molecule is COc1ccc(/C=C2\NC(=O)[C@H](CCC[NH+]=C(N)N)NC2=O)cc1OCC[C@](O)(CC(=O)N[C@@H](CC(=O)[O-])C(=O)[O-])C(=O)[O-]. The highest BCUT2D eigenvalue weighted by Crippen LogP contribution is 2.30.